The fourth-order valence-corrected chi connectivity index (χ4v) is 1.83. The first-order valence-corrected chi connectivity index (χ1v) is 6.61. The number of rotatable bonds is 4. The highest BCUT2D eigenvalue weighted by Gasteiger charge is 2.16. The molecule has 0 radical (unpaired) electrons. The maximum absolute atomic E-state index is 12.1. The highest BCUT2D eigenvalue weighted by molar-refractivity contribution is 6.42. The van der Waals surface area contributed by atoms with Crippen molar-refractivity contribution in [1.29, 1.82) is 5.26 Å². The smallest absolute Gasteiger partial charge is 0.321 e. The zero-order chi connectivity index (χ0) is 14.4. The third kappa shape index (κ3) is 4.62. The second-order valence-corrected chi connectivity index (χ2v) is 5.07. The molecule has 0 bridgehead atoms. The van der Waals surface area contributed by atoms with Gasteiger partial charge in [-0.2, -0.15) is 5.26 Å². The molecule has 1 aromatic carbocycles. The summed E-state index contributed by atoms with van der Waals surface area (Å²) in [6, 6.07) is 6.66. The fourth-order valence-electron chi connectivity index (χ4n) is 1.53. The topological polar surface area (TPSA) is 56.1 Å². The van der Waals surface area contributed by atoms with Crippen LogP contribution in [-0.4, -0.2) is 23.5 Å². The zero-order valence-electron chi connectivity index (χ0n) is 10.8. The lowest BCUT2D eigenvalue weighted by atomic mass is 10.3. The summed E-state index contributed by atoms with van der Waals surface area (Å²) in [6.45, 7) is 4.18. The lowest BCUT2D eigenvalue weighted by Crippen LogP contribution is -2.40. The third-order valence-corrected chi connectivity index (χ3v) is 3.26. The Kier molecular flexibility index (Phi) is 5.94. The van der Waals surface area contributed by atoms with Gasteiger partial charge in [0.1, 0.15) is 0 Å². The molecule has 0 fully saturated rings. The number of hydrogen-bond donors (Lipinski definition) is 1. The first-order valence-electron chi connectivity index (χ1n) is 5.85. The molecule has 0 spiro atoms. The second kappa shape index (κ2) is 7.22. The van der Waals surface area contributed by atoms with Crippen LogP contribution in [0.1, 0.15) is 20.3 Å². The maximum atomic E-state index is 12.1. The highest BCUT2D eigenvalue weighted by Crippen LogP contribution is 2.25. The average Bonchev–Trinajstić information content (AvgIpc) is 2.34. The Labute approximate surface area is 122 Å². The van der Waals surface area contributed by atoms with E-state index in [-0.39, 0.29) is 12.1 Å². The number of anilines is 1. The molecule has 4 nitrogen and oxygen atoms in total. The van der Waals surface area contributed by atoms with Gasteiger partial charge < -0.3 is 10.2 Å². The van der Waals surface area contributed by atoms with Crippen LogP contribution < -0.4 is 5.32 Å². The molecule has 0 aliphatic rings. The first kappa shape index (κ1) is 15.6. The number of carbonyl (C=O) groups excluding carboxylic acids is 1. The molecule has 0 unspecified atom stereocenters. The third-order valence-electron chi connectivity index (χ3n) is 2.52. The summed E-state index contributed by atoms with van der Waals surface area (Å²) in [7, 11) is 0. The van der Waals surface area contributed by atoms with E-state index in [1.807, 2.05) is 19.9 Å². The minimum Gasteiger partial charge on any atom is -0.321 e. The predicted molar refractivity (Wildman–Crippen MR) is 77.6 cm³/mol. The van der Waals surface area contributed by atoms with Crippen molar-refractivity contribution in [2.45, 2.75) is 26.3 Å². The van der Waals surface area contributed by atoms with Gasteiger partial charge in [-0.05, 0) is 32.0 Å². The lowest BCUT2D eigenvalue weighted by Gasteiger charge is -2.26. The Bertz CT molecular complexity index is 497. The van der Waals surface area contributed by atoms with E-state index < -0.39 is 0 Å². The molecular weight excluding hydrogens is 285 g/mol. The molecule has 0 aliphatic carbocycles. The molecule has 1 aromatic rings. The van der Waals surface area contributed by atoms with Crippen molar-refractivity contribution in [2.24, 2.45) is 0 Å². The number of urea groups is 1. The van der Waals surface area contributed by atoms with Crippen LogP contribution in [0.5, 0.6) is 0 Å². The van der Waals surface area contributed by atoms with E-state index in [4.69, 9.17) is 28.5 Å². The maximum Gasteiger partial charge on any atom is 0.322 e. The molecule has 0 saturated carbocycles. The van der Waals surface area contributed by atoms with E-state index in [0.29, 0.717) is 28.7 Å². The minimum atomic E-state index is -0.261. The van der Waals surface area contributed by atoms with Crippen molar-refractivity contribution in [3.63, 3.8) is 0 Å². The van der Waals surface area contributed by atoms with E-state index in [9.17, 15) is 4.79 Å². The van der Waals surface area contributed by atoms with Gasteiger partial charge in [0.2, 0.25) is 0 Å². The van der Waals surface area contributed by atoms with Gasteiger partial charge in [0.15, 0.2) is 0 Å². The molecule has 0 saturated heterocycles. The quantitative estimate of drug-likeness (QED) is 0.908. The highest BCUT2D eigenvalue weighted by atomic mass is 35.5. The number of hydrogen-bond acceptors (Lipinski definition) is 2. The minimum absolute atomic E-state index is 0.0103. The largest absolute Gasteiger partial charge is 0.322 e. The molecule has 0 heterocycles. The molecule has 0 aromatic heterocycles. The summed E-state index contributed by atoms with van der Waals surface area (Å²) < 4.78 is 0. The van der Waals surface area contributed by atoms with Crippen molar-refractivity contribution in [3.8, 4) is 6.07 Å². The molecule has 102 valence electrons. The monoisotopic (exact) mass is 299 g/mol. The van der Waals surface area contributed by atoms with Crippen molar-refractivity contribution in [2.75, 3.05) is 11.9 Å². The molecule has 6 heteroatoms. The van der Waals surface area contributed by atoms with Gasteiger partial charge in [0, 0.05) is 18.3 Å². The van der Waals surface area contributed by atoms with Crippen LogP contribution in [0, 0.1) is 11.3 Å². The molecule has 0 atom stereocenters. The van der Waals surface area contributed by atoms with E-state index in [0.717, 1.165) is 0 Å². The Morgan fingerprint density at radius 2 is 2.11 bits per heavy atom. The molecule has 2 amide bonds. The fraction of sp³-hybridized carbons (Fsp3) is 0.385. The van der Waals surface area contributed by atoms with Gasteiger partial charge in [0.05, 0.1) is 22.5 Å². The van der Waals surface area contributed by atoms with Crippen molar-refractivity contribution in [3.05, 3.63) is 28.2 Å². The standard InChI is InChI=1S/C13H15Cl2N3O/c1-9(2)18(7-3-6-16)13(19)17-10-4-5-11(14)12(15)8-10/h4-5,8-9H,3,7H2,1-2H3,(H,17,19). The first-order chi connectivity index (χ1) is 8.95. The van der Waals surface area contributed by atoms with Gasteiger partial charge in [-0.1, -0.05) is 23.2 Å². The molecular formula is C13H15Cl2N3O. The van der Waals surface area contributed by atoms with Crippen LogP contribution in [-0.2, 0) is 0 Å². The van der Waals surface area contributed by atoms with Crippen molar-refractivity contribution >= 4 is 34.9 Å². The van der Waals surface area contributed by atoms with E-state index >= 15 is 0 Å². The normalized spacial score (nSPS) is 10.1. The molecule has 19 heavy (non-hydrogen) atoms. The summed E-state index contributed by atoms with van der Waals surface area (Å²) in [4.78, 5) is 13.7. The van der Waals surface area contributed by atoms with Crippen LogP contribution in [0.25, 0.3) is 0 Å². The predicted octanol–water partition coefficient (Wildman–Crippen LogP) is 4.15. The SMILES string of the molecule is CC(C)N(CCC#N)C(=O)Nc1ccc(Cl)c(Cl)c1. The number of amides is 2. The van der Waals surface area contributed by atoms with Gasteiger partial charge in [-0.3, -0.25) is 0 Å². The second-order valence-electron chi connectivity index (χ2n) is 4.25. The summed E-state index contributed by atoms with van der Waals surface area (Å²) >= 11 is 11.7. The Morgan fingerprint density at radius 3 is 2.63 bits per heavy atom. The van der Waals surface area contributed by atoms with Crippen LogP contribution in [0.4, 0.5) is 10.5 Å². The van der Waals surface area contributed by atoms with Crippen molar-refractivity contribution < 1.29 is 4.79 Å². The summed E-state index contributed by atoms with van der Waals surface area (Å²) in [5, 5.41) is 12.1. The number of benzene rings is 1. The van der Waals surface area contributed by atoms with Crippen LogP contribution >= 0.6 is 23.2 Å². The molecule has 1 N–H and O–H groups in total. The van der Waals surface area contributed by atoms with Crippen molar-refractivity contribution in [1.82, 2.24) is 4.90 Å². The number of nitriles is 1. The average molecular weight is 300 g/mol. The van der Waals surface area contributed by atoms with Gasteiger partial charge in [-0.15, -0.1) is 0 Å². The van der Waals surface area contributed by atoms with E-state index in [2.05, 4.69) is 5.32 Å². The van der Waals surface area contributed by atoms with Crippen LogP contribution in [0.3, 0.4) is 0 Å². The molecule has 0 aliphatic heterocycles. The van der Waals surface area contributed by atoms with Crippen LogP contribution in [0.15, 0.2) is 18.2 Å². The van der Waals surface area contributed by atoms with E-state index in [1.54, 1.807) is 23.1 Å². The number of nitrogens with zero attached hydrogens (tertiary/aromatic N) is 2. The summed E-state index contributed by atoms with van der Waals surface area (Å²) in [6.07, 6.45) is 0.299. The Balaban J connectivity index is 2.75. The summed E-state index contributed by atoms with van der Waals surface area (Å²) in [5.41, 5.74) is 0.571. The summed E-state index contributed by atoms with van der Waals surface area (Å²) in [5.74, 6) is 0. The number of nitrogens with one attached hydrogen (secondary N) is 1. The Morgan fingerprint density at radius 1 is 1.42 bits per heavy atom. The number of halogens is 2. The Hall–Kier alpha value is -1.44. The van der Waals surface area contributed by atoms with Gasteiger partial charge >= 0.3 is 6.03 Å². The molecule has 1 rings (SSSR count). The van der Waals surface area contributed by atoms with Crippen LogP contribution in [0.2, 0.25) is 10.0 Å². The lowest BCUT2D eigenvalue weighted by molar-refractivity contribution is 0.198. The zero-order valence-corrected chi connectivity index (χ0v) is 12.3. The number of carbonyl (C=O) groups is 1. The van der Waals surface area contributed by atoms with Gasteiger partial charge in [0.25, 0.3) is 0 Å². The van der Waals surface area contributed by atoms with E-state index in [1.165, 1.54) is 0 Å². The van der Waals surface area contributed by atoms with Gasteiger partial charge in [-0.25, -0.2) is 4.79 Å².